The number of halogens is 1. The van der Waals surface area contributed by atoms with Gasteiger partial charge in [0.25, 0.3) is 11.5 Å². The second kappa shape index (κ2) is 6.37. The number of rotatable bonds is 3. The quantitative estimate of drug-likeness (QED) is 0.639. The summed E-state index contributed by atoms with van der Waals surface area (Å²) in [7, 11) is 0. The van der Waals surface area contributed by atoms with Crippen LogP contribution in [0.1, 0.15) is 28.9 Å². The largest absolute Gasteiger partial charge is 0.346 e. The number of fused-ring (bicyclic) bond motifs is 1. The fourth-order valence-corrected chi connectivity index (χ4v) is 2.65. The number of amides is 1. The average molecular weight is 343 g/mol. The van der Waals surface area contributed by atoms with Gasteiger partial charge in [-0.2, -0.15) is 0 Å². The summed E-state index contributed by atoms with van der Waals surface area (Å²) in [6, 6.07) is 10.4. The van der Waals surface area contributed by atoms with Gasteiger partial charge in [-0.25, -0.2) is 4.39 Å². The molecular weight excluding hydrogens is 329 g/mol. The van der Waals surface area contributed by atoms with E-state index in [4.69, 9.17) is 12.2 Å². The molecule has 0 aliphatic heterocycles. The highest BCUT2D eigenvalue weighted by Crippen LogP contribution is 2.15. The first-order valence-corrected chi connectivity index (χ1v) is 7.67. The summed E-state index contributed by atoms with van der Waals surface area (Å²) in [5.41, 5.74) is 1.21. The van der Waals surface area contributed by atoms with Gasteiger partial charge in [-0.3, -0.25) is 14.6 Å². The van der Waals surface area contributed by atoms with Crippen molar-refractivity contribution in [1.82, 2.24) is 15.3 Å². The number of carbonyl (C=O) groups is 1. The highest BCUT2D eigenvalue weighted by molar-refractivity contribution is 7.71. The Kier molecular flexibility index (Phi) is 4.26. The van der Waals surface area contributed by atoms with Gasteiger partial charge in [0.15, 0.2) is 4.77 Å². The summed E-state index contributed by atoms with van der Waals surface area (Å²) in [5, 5.41) is 3.22. The molecule has 1 heterocycles. The molecule has 0 bridgehead atoms. The second-order valence-electron chi connectivity index (χ2n) is 5.42. The fraction of sp³-hybridized carbons (Fsp3) is 0.118. The van der Waals surface area contributed by atoms with Crippen LogP contribution in [0.5, 0.6) is 0 Å². The summed E-state index contributed by atoms with van der Waals surface area (Å²) >= 11 is 4.93. The number of hydrogen-bond donors (Lipinski definition) is 3. The molecule has 3 aromatic rings. The number of aromatic nitrogens is 2. The van der Waals surface area contributed by atoms with Gasteiger partial charge in [-0.05, 0) is 55.0 Å². The average Bonchev–Trinajstić information content (AvgIpc) is 2.54. The van der Waals surface area contributed by atoms with E-state index in [0.29, 0.717) is 22.0 Å². The van der Waals surface area contributed by atoms with E-state index in [0.717, 1.165) is 0 Å². The number of hydrogen-bond acceptors (Lipinski definition) is 3. The molecule has 1 amide bonds. The molecule has 0 fully saturated rings. The molecule has 1 atom stereocenters. The van der Waals surface area contributed by atoms with Crippen molar-refractivity contribution in [2.24, 2.45) is 0 Å². The maximum Gasteiger partial charge on any atom is 0.259 e. The smallest absolute Gasteiger partial charge is 0.259 e. The van der Waals surface area contributed by atoms with E-state index in [1.807, 2.05) is 0 Å². The predicted molar refractivity (Wildman–Crippen MR) is 92.0 cm³/mol. The van der Waals surface area contributed by atoms with Crippen LogP contribution in [0, 0.1) is 10.6 Å². The zero-order chi connectivity index (χ0) is 17.3. The summed E-state index contributed by atoms with van der Waals surface area (Å²) < 4.78 is 13.5. The van der Waals surface area contributed by atoms with Crippen molar-refractivity contribution in [3.8, 4) is 0 Å². The van der Waals surface area contributed by atoms with Gasteiger partial charge in [0.05, 0.1) is 16.9 Å². The van der Waals surface area contributed by atoms with E-state index in [1.54, 1.807) is 37.3 Å². The number of H-pyrrole nitrogens is 2. The van der Waals surface area contributed by atoms with Gasteiger partial charge in [0.2, 0.25) is 0 Å². The molecule has 3 N–H and O–H groups in total. The minimum Gasteiger partial charge on any atom is -0.346 e. The molecule has 24 heavy (non-hydrogen) atoms. The minimum atomic E-state index is -0.360. The van der Waals surface area contributed by atoms with Crippen molar-refractivity contribution >= 4 is 29.0 Å². The van der Waals surface area contributed by atoms with Crippen molar-refractivity contribution in [2.75, 3.05) is 0 Å². The molecule has 0 aliphatic rings. The Balaban J connectivity index is 1.88. The molecule has 0 unspecified atom stereocenters. The van der Waals surface area contributed by atoms with Crippen LogP contribution >= 0.6 is 12.2 Å². The molecule has 0 aliphatic carbocycles. The lowest BCUT2D eigenvalue weighted by Gasteiger charge is -2.14. The Morgan fingerprint density at radius 3 is 2.75 bits per heavy atom. The third-order valence-corrected chi connectivity index (χ3v) is 3.90. The van der Waals surface area contributed by atoms with Crippen LogP contribution in [-0.4, -0.2) is 15.9 Å². The molecule has 1 aromatic heterocycles. The molecule has 0 saturated heterocycles. The van der Waals surface area contributed by atoms with Gasteiger partial charge < -0.3 is 10.3 Å². The van der Waals surface area contributed by atoms with Gasteiger partial charge in [0.1, 0.15) is 5.82 Å². The third-order valence-electron chi connectivity index (χ3n) is 3.70. The van der Waals surface area contributed by atoms with Gasteiger partial charge in [-0.1, -0.05) is 12.1 Å². The molecule has 0 saturated carbocycles. The molecular formula is C17H14FN3O2S. The number of nitrogens with one attached hydrogen (secondary N) is 3. The predicted octanol–water partition coefficient (Wildman–Crippen LogP) is 3.22. The maximum atomic E-state index is 13.3. The number of benzene rings is 2. The van der Waals surface area contributed by atoms with Gasteiger partial charge >= 0.3 is 0 Å². The van der Waals surface area contributed by atoms with E-state index < -0.39 is 0 Å². The van der Waals surface area contributed by atoms with Crippen molar-refractivity contribution < 1.29 is 9.18 Å². The normalized spacial score (nSPS) is 12.1. The minimum absolute atomic E-state index is 0.193. The van der Waals surface area contributed by atoms with E-state index in [1.165, 1.54) is 12.1 Å². The van der Waals surface area contributed by atoms with Crippen molar-refractivity contribution in [3.63, 3.8) is 0 Å². The van der Waals surface area contributed by atoms with Crippen molar-refractivity contribution in [1.29, 1.82) is 0 Å². The van der Waals surface area contributed by atoms with Crippen LogP contribution in [0.15, 0.2) is 47.3 Å². The van der Waals surface area contributed by atoms with Crippen LogP contribution in [0.25, 0.3) is 10.9 Å². The first kappa shape index (κ1) is 16.1. The fourth-order valence-electron chi connectivity index (χ4n) is 2.45. The number of carbonyl (C=O) groups excluding carboxylic acids is 1. The Labute approximate surface area is 141 Å². The standard InChI is InChI=1S/C17H14FN3O2S/c1-9(10-3-2-4-12(18)7-10)19-15(22)11-5-6-13-14(8-11)20-17(24)21-16(13)23/h2-9H,1H3,(H,19,22)(H2,20,21,23,24)/t9-/m1/s1. The molecule has 0 spiro atoms. The third kappa shape index (κ3) is 3.26. The molecule has 7 heteroatoms. The monoisotopic (exact) mass is 343 g/mol. The Morgan fingerprint density at radius 2 is 2.00 bits per heavy atom. The zero-order valence-corrected chi connectivity index (χ0v) is 13.5. The lowest BCUT2D eigenvalue weighted by molar-refractivity contribution is 0.0940. The van der Waals surface area contributed by atoms with E-state index in [2.05, 4.69) is 15.3 Å². The maximum absolute atomic E-state index is 13.3. The molecule has 5 nitrogen and oxygen atoms in total. The van der Waals surface area contributed by atoms with Crippen LogP contribution in [-0.2, 0) is 0 Å². The molecule has 3 rings (SSSR count). The highest BCUT2D eigenvalue weighted by Gasteiger charge is 2.13. The highest BCUT2D eigenvalue weighted by atomic mass is 32.1. The van der Waals surface area contributed by atoms with Crippen LogP contribution in [0.2, 0.25) is 0 Å². The lowest BCUT2D eigenvalue weighted by Crippen LogP contribution is -2.26. The molecule has 122 valence electrons. The van der Waals surface area contributed by atoms with E-state index >= 15 is 0 Å². The second-order valence-corrected chi connectivity index (χ2v) is 5.83. The van der Waals surface area contributed by atoms with Gasteiger partial charge in [-0.15, -0.1) is 0 Å². The molecule has 0 radical (unpaired) electrons. The summed E-state index contributed by atoms with van der Waals surface area (Å²) in [4.78, 5) is 29.5. The summed E-state index contributed by atoms with van der Waals surface area (Å²) in [6.07, 6.45) is 0. The van der Waals surface area contributed by atoms with Gasteiger partial charge in [0, 0.05) is 5.56 Å². The summed E-state index contributed by atoms with van der Waals surface area (Å²) in [6.45, 7) is 1.77. The van der Waals surface area contributed by atoms with E-state index in [-0.39, 0.29) is 28.1 Å². The first-order valence-electron chi connectivity index (χ1n) is 7.27. The van der Waals surface area contributed by atoms with Crippen molar-refractivity contribution in [3.05, 3.63) is 74.5 Å². The Bertz CT molecular complexity index is 1040. The zero-order valence-electron chi connectivity index (χ0n) is 12.7. The SMILES string of the molecule is C[C@@H](NC(=O)c1ccc2c(=O)[nH]c(=S)[nH]c2c1)c1cccc(F)c1. The van der Waals surface area contributed by atoms with Crippen molar-refractivity contribution in [2.45, 2.75) is 13.0 Å². The number of aromatic amines is 2. The lowest BCUT2D eigenvalue weighted by atomic mass is 10.1. The Morgan fingerprint density at radius 1 is 1.21 bits per heavy atom. The Hall–Kier alpha value is -2.80. The van der Waals surface area contributed by atoms with Crippen LogP contribution in [0.3, 0.4) is 0 Å². The topological polar surface area (TPSA) is 77.8 Å². The van der Waals surface area contributed by atoms with Crippen LogP contribution in [0.4, 0.5) is 4.39 Å². The van der Waals surface area contributed by atoms with Crippen LogP contribution < -0.4 is 10.9 Å². The van der Waals surface area contributed by atoms with E-state index in [9.17, 15) is 14.0 Å². The molecule has 2 aromatic carbocycles. The first-order chi connectivity index (χ1) is 11.4. The summed E-state index contributed by atoms with van der Waals surface area (Å²) in [5.74, 6) is -0.681.